The van der Waals surface area contributed by atoms with Gasteiger partial charge in [-0.25, -0.2) is 9.97 Å². The van der Waals surface area contributed by atoms with E-state index in [1.54, 1.807) is 11.8 Å². The van der Waals surface area contributed by atoms with Gasteiger partial charge in [0.1, 0.15) is 17.7 Å². The van der Waals surface area contributed by atoms with E-state index < -0.39 is 0 Å². The first-order chi connectivity index (χ1) is 9.63. The number of hydrogen-bond donors (Lipinski definition) is 0. The summed E-state index contributed by atoms with van der Waals surface area (Å²) in [5.41, 5.74) is 3.13. The molecular weight excluding hydrogens is 268 g/mol. The average Bonchev–Trinajstić information content (AvgIpc) is 2.41. The Kier molecular flexibility index (Phi) is 4.76. The quantitative estimate of drug-likeness (QED) is 0.614. The Morgan fingerprint density at radius 2 is 1.85 bits per heavy atom. The van der Waals surface area contributed by atoms with Crippen molar-refractivity contribution in [1.82, 2.24) is 9.97 Å². The summed E-state index contributed by atoms with van der Waals surface area (Å²) in [6, 6.07) is 5.99. The Hall–Kier alpha value is -1.85. The summed E-state index contributed by atoms with van der Waals surface area (Å²) >= 11 is 1.58. The van der Waals surface area contributed by atoms with Crippen LogP contribution in [-0.4, -0.2) is 15.2 Å². The van der Waals surface area contributed by atoms with Crippen LogP contribution in [0.25, 0.3) is 0 Å². The van der Waals surface area contributed by atoms with Crippen LogP contribution in [0.3, 0.4) is 0 Å². The summed E-state index contributed by atoms with van der Waals surface area (Å²) < 4.78 is 0. The maximum absolute atomic E-state index is 9.08. The molecule has 20 heavy (non-hydrogen) atoms. The highest BCUT2D eigenvalue weighted by Crippen LogP contribution is 2.37. The van der Waals surface area contributed by atoms with Gasteiger partial charge in [0.15, 0.2) is 5.16 Å². The highest BCUT2D eigenvalue weighted by molar-refractivity contribution is 8.00. The number of allylic oxidation sites excluding steroid dienone is 1. The molecule has 1 atom stereocenters. The van der Waals surface area contributed by atoms with Crippen LogP contribution in [0.2, 0.25) is 0 Å². The number of thioether (sulfide) groups is 1. The lowest BCUT2D eigenvalue weighted by Crippen LogP contribution is -2.15. The topological polar surface area (TPSA) is 73.4 Å². The summed E-state index contributed by atoms with van der Waals surface area (Å²) in [4.78, 5) is 8.87. The number of nitrogens with zero attached hydrogens (tertiary/aromatic N) is 4. The predicted molar refractivity (Wildman–Crippen MR) is 77.9 cm³/mol. The molecule has 1 aliphatic rings. The summed E-state index contributed by atoms with van der Waals surface area (Å²) in [6.07, 6.45) is 3.98. The van der Waals surface area contributed by atoms with E-state index in [1.165, 1.54) is 0 Å². The molecule has 0 saturated heterocycles. The maximum atomic E-state index is 9.08. The molecule has 102 valence electrons. The second-order valence-corrected chi connectivity index (χ2v) is 6.08. The van der Waals surface area contributed by atoms with Gasteiger partial charge in [-0.05, 0) is 44.7 Å². The van der Waals surface area contributed by atoms with Crippen molar-refractivity contribution in [1.29, 1.82) is 10.5 Å². The van der Waals surface area contributed by atoms with E-state index in [-0.39, 0.29) is 10.8 Å². The van der Waals surface area contributed by atoms with E-state index in [9.17, 15) is 0 Å². The molecule has 0 N–H and O–H groups in total. The Morgan fingerprint density at radius 1 is 1.20 bits per heavy atom. The number of nitriles is 2. The zero-order valence-corrected chi connectivity index (χ0v) is 12.5. The van der Waals surface area contributed by atoms with Gasteiger partial charge < -0.3 is 0 Å². The molecule has 1 heterocycles. The van der Waals surface area contributed by atoms with E-state index in [0.29, 0.717) is 0 Å². The molecule has 1 fully saturated rings. The highest BCUT2D eigenvalue weighted by atomic mass is 32.2. The minimum absolute atomic E-state index is 0.152. The fourth-order valence-electron chi connectivity index (χ4n) is 2.44. The van der Waals surface area contributed by atoms with Crippen LogP contribution in [-0.2, 0) is 0 Å². The number of aryl methyl sites for hydroxylation is 2. The van der Waals surface area contributed by atoms with Crippen molar-refractivity contribution in [3.8, 4) is 12.1 Å². The second kappa shape index (κ2) is 6.54. The van der Waals surface area contributed by atoms with Crippen molar-refractivity contribution in [3.63, 3.8) is 0 Å². The molecule has 2 rings (SSSR count). The standard InChI is InChI=1S/C15H16N4S/c1-10-7-11(2)19-15(18-10)20-14-6-4-3-5-13(14)12(8-16)9-17/h7,14H,3-6H2,1-2H3. The lowest BCUT2D eigenvalue weighted by atomic mass is 9.91. The molecule has 4 nitrogen and oxygen atoms in total. The summed E-state index contributed by atoms with van der Waals surface area (Å²) in [7, 11) is 0. The van der Waals surface area contributed by atoms with Crippen molar-refractivity contribution in [2.45, 2.75) is 49.9 Å². The van der Waals surface area contributed by atoms with Crippen molar-refractivity contribution < 1.29 is 0 Å². The van der Waals surface area contributed by atoms with Gasteiger partial charge in [0.25, 0.3) is 0 Å². The van der Waals surface area contributed by atoms with Crippen LogP contribution in [0.15, 0.2) is 22.4 Å². The SMILES string of the molecule is Cc1cc(C)nc(SC2CCCCC2=C(C#N)C#N)n1. The first kappa shape index (κ1) is 14.6. The monoisotopic (exact) mass is 284 g/mol. The Balaban J connectivity index is 2.28. The molecule has 0 aromatic carbocycles. The van der Waals surface area contributed by atoms with Gasteiger partial charge >= 0.3 is 0 Å². The number of aromatic nitrogens is 2. The molecule has 1 unspecified atom stereocenters. The second-order valence-electron chi connectivity index (χ2n) is 4.91. The number of hydrogen-bond acceptors (Lipinski definition) is 5. The van der Waals surface area contributed by atoms with Crippen molar-refractivity contribution in [3.05, 3.63) is 28.6 Å². The minimum Gasteiger partial charge on any atom is -0.228 e. The third-order valence-electron chi connectivity index (χ3n) is 3.31. The van der Waals surface area contributed by atoms with Crippen LogP contribution >= 0.6 is 11.8 Å². The third kappa shape index (κ3) is 3.37. The lowest BCUT2D eigenvalue weighted by molar-refractivity contribution is 0.606. The summed E-state index contributed by atoms with van der Waals surface area (Å²) in [5.74, 6) is 0. The first-order valence-corrected chi connectivity index (χ1v) is 7.54. The van der Waals surface area contributed by atoms with Gasteiger partial charge in [-0.2, -0.15) is 10.5 Å². The molecule has 1 aliphatic carbocycles. The molecule has 5 heteroatoms. The molecule has 1 aromatic rings. The summed E-state index contributed by atoms with van der Waals surface area (Å²) in [5, 5.41) is 19.0. The van der Waals surface area contributed by atoms with Gasteiger partial charge in [-0.1, -0.05) is 18.2 Å². The van der Waals surface area contributed by atoms with Crippen LogP contribution in [0.4, 0.5) is 0 Å². The lowest BCUT2D eigenvalue weighted by Gasteiger charge is -2.24. The molecule has 1 saturated carbocycles. The smallest absolute Gasteiger partial charge is 0.188 e. The Labute approximate surface area is 123 Å². The van der Waals surface area contributed by atoms with E-state index in [0.717, 1.165) is 47.8 Å². The van der Waals surface area contributed by atoms with Gasteiger partial charge in [0.2, 0.25) is 0 Å². The van der Waals surface area contributed by atoms with E-state index in [4.69, 9.17) is 10.5 Å². The van der Waals surface area contributed by atoms with Crippen LogP contribution in [0.1, 0.15) is 37.1 Å². The molecule has 0 spiro atoms. The van der Waals surface area contributed by atoms with Crippen molar-refractivity contribution in [2.24, 2.45) is 0 Å². The van der Waals surface area contributed by atoms with Gasteiger partial charge in [0.05, 0.1) is 0 Å². The van der Waals surface area contributed by atoms with Crippen molar-refractivity contribution >= 4 is 11.8 Å². The molecular formula is C15H16N4S. The highest BCUT2D eigenvalue weighted by Gasteiger charge is 2.24. The zero-order valence-electron chi connectivity index (χ0n) is 11.7. The van der Waals surface area contributed by atoms with E-state index >= 15 is 0 Å². The minimum atomic E-state index is 0.152. The fourth-order valence-corrected chi connectivity index (χ4v) is 3.75. The Bertz CT molecular complexity index is 585. The summed E-state index contributed by atoms with van der Waals surface area (Å²) in [6.45, 7) is 3.90. The van der Waals surface area contributed by atoms with Gasteiger partial charge in [0, 0.05) is 16.6 Å². The van der Waals surface area contributed by atoms with Gasteiger partial charge in [-0.3, -0.25) is 0 Å². The fraction of sp³-hybridized carbons (Fsp3) is 0.467. The van der Waals surface area contributed by atoms with Crippen molar-refractivity contribution in [2.75, 3.05) is 0 Å². The predicted octanol–water partition coefficient (Wildman–Crippen LogP) is 3.47. The zero-order chi connectivity index (χ0) is 14.5. The van der Waals surface area contributed by atoms with Gasteiger partial charge in [-0.15, -0.1) is 0 Å². The molecule has 1 aromatic heterocycles. The molecule has 0 amide bonds. The average molecular weight is 284 g/mol. The molecule has 0 bridgehead atoms. The normalized spacial score (nSPS) is 18.2. The maximum Gasteiger partial charge on any atom is 0.188 e. The third-order valence-corrected chi connectivity index (χ3v) is 4.50. The number of rotatable bonds is 2. The van der Waals surface area contributed by atoms with Crippen LogP contribution < -0.4 is 0 Å². The van der Waals surface area contributed by atoms with Crippen LogP contribution in [0.5, 0.6) is 0 Å². The van der Waals surface area contributed by atoms with E-state index in [2.05, 4.69) is 9.97 Å². The largest absolute Gasteiger partial charge is 0.228 e. The van der Waals surface area contributed by atoms with E-state index in [1.807, 2.05) is 32.1 Å². The van der Waals surface area contributed by atoms with Crippen LogP contribution in [0, 0.1) is 36.5 Å². The first-order valence-electron chi connectivity index (χ1n) is 6.66. The molecule has 0 aliphatic heterocycles. The Morgan fingerprint density at radius 3 is 2.45 bits per heavy atom. The molecule has 0 radical (unpaired) electrons.